The van der Waals surface area contributed by atoms with E-state index in [1.165, 1.54) is 12.2 Å². The normalized spacial score (nSPS) is 53.8. The van der Waals surface area contributed by atoms with Gasteiger partial charge in [-0.1, -0.05) is 6.08 Å². The van der Waals surface area contributed by atoms with Crippen molar-refractivity contribution in [3.63, 3.8) is 0 Å². The van der Waals surface area contributed by atoms with E-state index < -0.39 is 79.7 Å². The summed E-state index contributed by atoms with van der Waals surface area (Å²) in [5.74, 6) is 0. The standard InChI is InChI=1S/C19H32O10/c1-7-11(20)5-6-12(26-7)28-18-15(23)10(4)27-19(16(18)24)29-17-13(21)8(2)25-9(3)14(17)22/h5-24H,1-4H3/t7?,8?,9?,10?,11-,12?,13-,14+,15+,16+,17-,18+,19?/m1/s1. The smallest absolute Gasteiger partial charge is 0.187 e. The molecule has 0 aliphatic carbocycles. The summed E-state index contributed by atoms with van der Waals surface area (Å²) in [6, 6.07) is 0. The van der Waals surface area contributed by atoms with E-state index in [4.69, 9.17) is 23.7 Å². The third kappa shape index (κ3) is 4.82. The van der Waals surface area contributed by atoms with Crippen LogP contribution >= 0.6 is 0 Å². The lowest BCUT2D eigenvalue weighted by Crippen LogP contribution is -2.63. The summed E-state index contributed by atoms with van der Waals surface area (Å²) < 4.78 is 28.0. The molecule has 10 heteroatoms. The first-order valence-electron chi connectivity index (χ1n) is 9.96. The molecule has 29 heavy (non-hydrogen) atoms. The van der Waals surface area contributed by atoms with Crippen LogP contribution in [-0.2, 0) is 23.7 Å². The summed E-state index contributed by atoms with van der Waals surface area (Å²) in [5.41, 5.74) is 0. The second-order valence-corrected chi connectivity index (χ2v) is 8.00. The van der Waals surface area contributed by atoms with E-state index in [9.17, 15) is 25.5 Å². The molecule has 0 radical (unpaired) electrons. The molecule has 10 nitrogen and oxygen atoms in total. The molecule has 3 aliphatic rings. The first kappa shape index (κ1) is 23.0. The van der Waals surface area contributed by atoms with Gasteiger partial charge in [0.1, 0.15) is 36.6 Å². The monoisotopic (exact) mass is 420 g/mol. The van der Waals surface area contributed by atoms with Crippen molar-refractivity contribution in [2.75, 3.05) is 0 Å². The zero-order valence-corrected chi connectivity index (χ0v) is 16.9. The van der Waals surface area contributed by atoms with Crippen molar-refractivity contribution in [3.05, 3.63) is 12.2 Å². The Balaban J connectivity index is 1.71. The summed E-state index contributed by atoms with van der Waals surface area (Å²) in [4.78, 5) is 0. The van der Waals surface area contributed by atoms with Crippen molar-refractivity contribution < 1.29 is 49.2 Å². The maximum absolute atomic E-state index is 10.7. The van der Waals surface area contributed by atoms with E-state index in [0.717, 1.165) is 0 Å². The van der Waals surface area contributed by atoms with E-state index in [-0.39, 0.29) is 0 Å². The van der Waals surface area contributed by atoms with Crippen LogP contribution < -0.4 is 0 Å². The van der Waals surface area contributed by atoms with Gasteiger partial charge in [-0.25, -0.2) is 0 Å². The summed E-state index contributed by atoms with van der Waals surface area (Å²) in [5, 5.41) is 51.6. The fourth-order valence-corrected chi connectivity index (χ4v) is 3.75. The van der Waals surface area contributed by atoms with E-state index in [1.807, 2.05) is 0 Å². The Morgan fingerprint density at radius 3 is 1.66 bits per heavy atom. The van der Waals surface area contributed by atoms with Gasteiger partial charge in [0.15, 0.2) is 12.6 Å². The number of aliphatic hydroxyl groups excluding tert-OH is 5. The van der Waals surface area contributed by atoms with Gasteiger partial charge in [-0.2, -0.15) is 0 Å². The minimum atomic E-state index is -1.42. The Bertz CT molecular complexity index is 559. The molecule has 3 rings (SSSR count). The maximum atomic E-state index is 10.7. The van der Waals surface area contributed by atoms with Crippen molar-refractivity contribution in [1.82, 2.24) is 0 Å². The Morgan fingerprint density at radius 1 is 0.586 bits per heavy atom. The second kappa shape index (κ2) is 9.23. The molecule has 5 N–H and O–H groups in total. The van der Waals surface area contributed by atoms with Crippen LogP contribution in [0.25, 0.3) is 0 Å². The molecule has 0 saturated carbocycles. The lowest BCUT2D eigenvalue weighted by molar-refractivity contribution is -0.348. The average molecular weight is 420 g/mol. The van der Waals surface area contributed by atoms with Crippen molar-refractivity contribution >= 4 is 0 Å². The molecule has 0 aromatic heterocycles. The fraction of sp³-hybridized carbons (Fsp3) is 0.895. The van der Waals surface area contributed by atoms with Gasteiger partial charge in [0, 0.05) is 0 Å². The Kier molecular flexibility index (Phi) is 7.32. The van der Waals surface area contributed by atoms with Crippen LogP contribution in [0.5, 0.6) is 0 Å². The molecule has 0 spiro atoms. The van der Waals surface area contributed by atoms with Crippen molar-refractivity contribution in [3.8, 4) is 0 Å². The molecule has 0 aromatic carbocycles. The van der Waals surface area contributed by atoms with Gasteiger partial charge in [-0.05, 0) is 33.8 Å². The summed E-state index contributed by atoms with van der Waals surface area (Å²) >= 11 is 0. The predicted octanol–water partition coefficient (Wildman–Crippen LogP) is -1.59. The third-order valence-corrected chi connectivity index (χ3v) is 5.72. The molecule has 0 aromatic rings. The fourth-order valence-electron chi connectivity index (χ4n) is 3.75. The quantitative estimate of drug-likeness (QED) is 0.337. The molecule has 0 amide bonds. The van der Waals surface area contributed by atoms with Crippen LogP contribution in [0.2, 0.25) is 0 Å². The van der Waals surface area contributed by atoms with Crippen LogP contribution in [0.3, 0.4) is 0 Å². The highest BCUT2D eigenvalue weighted by Gasteiger charge is 2.49. The number of rotatable bonds is 4. The topological polar surface area (TPSA) is 147 Å². The molecule has 2 fully saturated rings. The number of aliphatic hydroxyl groups is 5. The van der Waals surface area contributed by atoms with Gasteiger partial charge in [0.05, 0.1) is 30.5 Å². The van der Waals surface area contributed by atoms with Crippen LogP contribution in [-0.4, -0.2) is 105 Å². The third-order valence-electron chi connectivity index (χ3n) is 5.72. The Hall–Kier alpha value is -0.660. The number of hydrogen-bond acceptors (Lipinski definition) is 10. The van der Waals surface area contributed by atoms with Gasteiger partial charge in [0.2, 0.25) is 0 Å². The van der Waals surface area contributed by atoms with E-state index in [1.54, 1.807) is 27.7 Å². The molecular weight excluding hydrogens is 388 g/mol. The zero-order chi connectivity index (χ0) is 21.5. The van der Waals surface area contributed by atoms with Gasteiger partial charge < -0.3 is 49.2 Å². The van der Waals surface area contributed by atoms with E-state index in [2.05, 4.69) is 0 Å². The average Bonchev–Trinajstić information content (AvgIpc) is 2.67. The Morgan fingerprint density at radius 2 is 1.10 bits per heavy atom. The molecule has 168 valence electrons. The van der Waals surface area contributed by atoms with Crippen molar-refractivity contribution in [2.45, 2.75) is 107 Å². The highest BCUT2D eigenvalue weighted by Crippen LogP contribution is 2.31. The van der Waals surface area contributed by atoms with Crippen LogP contribution in [0.4, 0.5) is 0 Å². The Labute approximate surface area is 169 Å². The zero-order valence-electron chi connectivity index (χ0n) is 16.9. The maximum Gasteiger partial charge on any atom is 0.187 e. The SMILES string of the molecule is CC1OC(O[C@@H]2[C@H](O)C(O[C@@H]3[C@H](O)C(C)OC(C)[C@@H]3O)OC(C)[C@@H]2O)C=C[C@H]1O. The highest BCUT2D eigenvalue weighted by atomic mass is 16.7. The van der Waals surface area contributed by atoms with Crippen molar-refractivity contribution in [2.24, 2.45) is 0 Å². The molecular formula is C19H32O10. The van der Waals surface area contributed by atoms with Gasteiger partial charge in [-0.3, -0.25) is 0 Å². The molecule has 6 unspecified atom stereocenters. The van der Waals surface area contributed by atoms with Crippen LogP contribution in [0.15, 0.2) is 12.2 Å². The first-order chi connectivity index (χ1) is 13.6. The summed E-state index contributed by atoms with van der Waals surface area (Å²) in [7, 11) is 0. The highest BCUT2D eigenvalue weighted by molar-refractivity contribution is 5.00. The number of ether oxygens (including phenoxy) is 5. The summed E-state index contributed by atoms with van der Waals surface area (Å²) in [6.07, 6.45) is -9.37. The van der Waals surface area contributed by atoms with Crippen molar-refractivity contribution in [1.29, 1.82) is 0 Å². The molecule has 0 bridgehead atoms. The van der Waals surface area contributed by atoms with Gasteiger partial charge >= 0.3 is 0 Å². The second-order valence-electron chi connectivity index (χ2n) is 8.00. The van der Waals surface area contributed by atoms with Crippen LogP contribution in [0, 0.1) is 0 Å². The lowest BCUT2D eigenvalue weighted by Gasteiger charge is -2.46. The van der Waals surface area contributed by atoms with E-state index >= 15 is 0 Å². The number of hydrogen-bond donors (Lipinski definition) is 5. The van der Waals surface area contributed by atoms with Crippen LogP contribution in [0.1, 0.15) is 27.7 Å². The van der Waals surface area contributed by atoms with Gasteiger partial charge in [0.25, 0.3) is 0 Å². The first-order valence-corrected chi connectivity index (χ1v) is 9.96. The predicted molar refractivity (Wildman–Crippen MR) is 97.6 cm³/mol. The lowest BCUT2D eigenvalue weighted by atomic mass is 9.95. The molecule has 3 heterocycles. The van der Waals surface area contributed by atoms with E-state index in [0.29, 0.717) is 0 Å². The molecule has 13 atom stereocenters. The molecule has 3 aliphatic heterocycles. The largest absolute Gasteiger partial charge is 0.388 e. The minimum absolute atomic E-state index is 0.515. The molecule has 2 saturated heterocycles. The van der Waals surface area contributed by atoms with Gasteiger partial charge in [-0.15, -0.1) is 0 Å². The minimum Gasteiger partial charge on any atom is -0.388 e. The summed E-state index contributed by atoms with van der Waals surface area (Å²) in [6.45, 7) is 6.58.